The van der Waals surface area contributed by atoms with E-state index in [4.69, 9.17) is 9.78 Å². The van der Waals surface area contributed by atoms with Crippen molar-refractivity contribution in [3.8, 4) is 6.07 Å². The fraction of sp³-hybridized carbons (Fsp3) is 0.412. The molecule has 1 N–H and O–H groups in total. The van der Waals surface area contributed by atoms with Crippen LogP contribution in [0.15, 0.2) is 22.7 Å². The first-order valence-corrected chi connectivity index (χ1v) is 7.92. The molecule has 1 aromatic heterocycles. The van der Waals surface area contributed by atoms with E-state index in [1.165, 1.54) is 13.0 Å². The van der Waals surface area contributed by atoms with E-state index in [9.17, 15) is 9.18 Å². The largest absolute Gasteiger partial charge is 0.342 e. The second kappa shape index (κ2) is 6.61. The lowest BCUT2D eigenvalue weighted by atomic mass is 9.97. The molecule has 8 heteroatoms. The minimum atomic E-state index is -0.743. The molecule has 2 aromatic rings. The second-order valence-corrected chi connectivity index (χ2v) is 6.28. The SMILES string of the molecule is CC(=O)N[C@@]1(c2noc(C)n2)CCN(Cc2ccc(C#N)cc2F)C1. The molecule has 0 bridgehead atoms. The molecule has 2 heterocycles. The highest BCUT2D eigenvalue weighted by Crippen LogP contribution is 2.31. The number of rotatable bonds is 4. The Morgan fingerprint density at radius 1 is 1.56 bits per heavy atom. The van der Waals surface area contributed by atoms with Crippen molar-refractivity contribution in [3.05, 3.63) is 46.9 Å². The summed E-state index contributed by atoms with van der Waals surface area (Å²) >= 11 is 0. The molecule has 0 aliphatic carbocycles. The smallest absolute Gasteiger partial charge is 0.223 e. The number of benzene rings is 1. The Morgan fingerprint density at radius 3 is 2.96 bits per heavy atom. The fourth-order valence-electron chi connectivity index (χ4n) is 3.18. The lowest BCUT2D eigenvalue weighted by Gasteiger charge is -2.27. The Morgan fingerprint density at radius 2 is 2.36 bits per heavy atom. The molecule has 1 aromatic carbocycles. The summed E-state index contributed by atoms with van der Waals surface area (Å²) in [6.07, 6.45) is 0.601. The summed E-state index contributed by atoms with van der Waals surface area (Å²) in [6.45, 7) is 4.60. The zero-order valence-electron chi connectivity index (χ0n) is 14.0. The molecule has 0 saturated carbocycles. The first-order valence-electron chi connectivity index (χ1n) is 7.92. The number of nitrogens with zero attached hydrogens (tertiary/aromatic N) is 4. The average molecular weight is 343 g/mol. The van der Waals surface area contributed by atoms with Gasteiger partial charge in [-0.05, 0) is 18.6 Å². The van der Waals surface area contributed by atoms with Gasteiger partial charge in [-0.3, -0.25) is 9.69 Å². The van der Waals surface area contributed by atoms with Gasteiger partial charge in [-0.1, -0.05) is 11.2 Å². The Labute approximate surface area is 144 Å². The number of hydrogen-bond donors (Lipinski definition) is 1. The molecular formula is C17H18FN5O2. The molecule has 1 fully saturated rings. The van der Waals surface area contributed by atoms with E-state index in [2.05, 4.69) is 15.5 Å². The van der Waals surface area contributed by atoms with Crippen molar-refractivity contribution >= 4 is 5.91 Å². The molecule has 1 amide bonds. The van der Waals surface area contributed by atoms with Gasteiger partial charge in [0.1, 0.15) is 11.4 Å². The van der Waals surface area contributed by atoms with Gasteiger partial charge in [-0.15, -0.1) is 0 Å². The van der Waals surface area contributed by atoms with Crippen molar-refractivity contribution < 1.29 is 13.7 Å². The van der Waals surface area contributed by atoms with Gasteiger partial charge in [0.05, 0.1) is 11.6 Å². The highest BCUT2D eigenvalue weighted by molar-refractivity contribution is 5.74. The second-order valence-electron chi connectivity index (χ2n) is 6.28. The number of carbonyl (C=O) groups is 1. The van der Waals surface area contributed by atoms with Crippen LogP contribution in [0, 0.1) is 24.1 Å². The first-order chi connectivity index (χ1) is 11.9. The topological polar surface area (TPSA) is 95.1 Å². The zero-order valence-corrected chi connectivity index (χ0v) is 14.0. The Balaban J connectivity index is 1.80. The number of halogens is 1. The summed E-state index contributed by atoms with van der Waals surface area (Å²) in [6, 6.07) is 6.36. The first kappa shape index (κ1) is 17.0. The third-order valence-corrected chi connectivity index (χ3v) is 4.30. The van der Waals surface area contributed by atoms with Crippen LogP contribution < -0.4 is 5.32 Å². The van der Waals surface area contributed by atoms with E-state index in [1.807, 2.05) is 11.0 Å². The number of nitrogens with one attached hydrogen (secondary N) is 1. The molecule has 1 aliphatic rings. The molecule has 1 atom stereocenters. The van der Waals surface area contributed by atoms with Crippen molar-refractivity contribution in [1.29, 1.82) is 5.26 Å². The van der Waals surface area contributed by atoms with E-state index < -0.39 is 11.4 Å². The van der Waals surface area contributed by atoms with Crippen LogP contribution in [0.2, 0.25) is 0 Å². The number of aromatic nitrogens is 2. The minimum absolute atomic E-state index is 0.186. The molecule has 25 heavy (non-hydrogen) atoms. The van der Waals surface area contributed by atoms with E-state index in [0.29, 0.717) is 43.3 Å². The standard InChI is InChI=1S/C17H18FN5O2/c1-11(24)21-17(16-20-12(2)25-22-16)5-6-23(10-17)9-14-4-3-13(8-19)7-15(14)18/h3-4,7H,5-6,9-10H2,1-2H3,(H,21,24)/t17-/m0/s1. The highest BCUT2D eigenvalue weighted by Gasteiger charge is 2.44. The van der Waals surface area contributed by atoms with Gasteiger partial charge in [0.2, 0.25) is 11.8 Å². The lowest BCUT2D eigenvalue weighted by molar-refractivity contribution is -0.121. The highest BCUT2D eigenvalue weighted by atomic mass is 19.1. The molecule has 3 rings (SSSR count). The number of aryl methyl sites for hydroxylation is 1. The number of amides is 1. The van der Waals surface area contributed by atoms with Crippen LogP contribution in [0.4, 0.5) is 4.39 Å². The number of nitriles is 1. The molecule has 0 radical (unpaired) electrons. The van der Waals surface area contributed by atoms with Gasteiger partial charge in [0.25, 0.3) is 0 Å². The Hall–Kier alpha value is -2.79. The van der Waals surface area contributed by atoms with Crippen LogP contribution in [-0.4, -0.2) is 34.0 Å². The quantitative estimate of drug-likeness (QED) is 0.906. The summed E-state index contributed by atoms with van der Waals surface area (Å²) in [5, 5.41) is 15.7. The van der Waals surface area contributed by atoms with Gasteiger partial charge in [0.15, 0.2) is 5.82 Å². The van der Waals surface area contributed by atoms with E-state index in [1.54, 1.807) is 19.1 Å². The predicted molar refractivity (Wildman–Crippen MR) is 85.5 cm³/mol. The molecule has 0 spiro atoms. The summed E-state index contributed by atoms with van der Waals surface area (Å²) in [5.74, 6) is 0.264. The summed E-state index contributed by atoms with van der Waals surface area (Å²) in [7, 11) is 0. The van der Waals surface area contributed by atoms with Crippen LogP contribution >= 0.6 is 0 Å². The molecule has 0 unspecified atom stereocenters. The van der Waals surface area contributed by atoms with E-state index in [0.717, 1.165) is 0 Å². The van der Waals surface area contributed by atoms with Crippen molar-refractivity contribution in [2.45, 2.75) is 32.4 Å². The van der Waals surface area contributed by atoms with E-state index >= 15 is 0 Å². The maximum atomic E-state index is 14.1. The normalized spacial score (nSPS) is 20.4. The number of carbonyl (C=O) groups excluding carboxylic acids is 1. The summed E-state index contributed by atoms with van der Waals surface area (Å²) < 4.78 is 19.2. The predicted octanol–water partition coefficient (Wildman–Crippen LogP) is 1.63. The fourth-order valence-corrected chi connectivity index (χ4v) is 3.18. The van der Waals surface area contributed by atoms with Gasteiger partial charge < -0.3 is 9.84 Å². The van der Waals surface area contributed by atoms with Crippen molar-refractivity contribution in [1.82, 2.24) is 20.4 Å². The van der Waals surface area contributed by atoms with Gasteiger partial charge >= 0.3 is 0 Å². The van der Waals surface area contributed by atoms with Crippen molar-refractivity contribution in [2.24, 2.45) is 0 Å². The van der Waals surface area contributed by atoms with Crippen LogP contribution in [0.3, 0.4) is 0 Å². The Bertz CT molecular complexity index is 844. The molecular weight excluding hydrogens is 325 g/mol. The Kier molecular flexibility index (Phi) is 4.51. The van der Waals surface area contributed by atoms with Gasteiger partial charge in [-0.2, -0.15) is 10.2 Å². The third-order valence-electron chi connectivity index (χ3n) is 4.30. The van der Waals surface area contributed by atoms with E-state index in [-0.39, 0.29) is 11.5 Å². The molecule has 130 valence electrons. The summed E-state index contributed by atoms with van der Waals surface area (Å²) in [4.78, 5) is 18.0. The maximum absolute atomic E-state index is 14.1. The maximum Gasteiger partial charge on any atom is 0.223 e. The van der Waals surface area contributed by atoms with Crippen molar-refractivity contribution in [2.75, 3.05) is 13.1 Å². The minimum Gasteiger partial charge on any atom is -0.342 e. The monoisotopic (exact) mass is 343 g/mol. The van der Waals surface area contributed by atoms with Crippen LogP contribution in [-0.2, 0) is 16.9 Å². The molecule has 1 aliphatic heterocycles. The molecule has 1 saturated heterocycles. The van der Waals surface area contributed by atoms with Crippen LogP contribution in [0.1, 0.15) is 36.2 Å². The lowest BCUT2D eigenvalue weighted by Crippen LogP contribution is -2.47. The van der Waals surface area contributed by atoms with Gasteiger partial charge in [-0.25, -0.2) is 4.39 Å². The third kappa shape index (κ3) is 3.51. The van der Waals surface area contributed by atoms with Crippen molar-refractivity contribution in [3.63, 3.8) is 0 Å². The molecule has 7 nitrogen and oxygen atoms in total. The van der Waals surface area contributed by atoms with Crippen LogP contribution in [0.5, 0.6) is 0 Å². The zero-order chi connectivity index (χ0) is 18.0. The number of likely N-dealkylation sites (tertiary alicyclic amines) is 1. The van der Waals surface area contributed by atoms with Gasteiger partial charge in [0, 0.05) is 39.0 Å². The van der Waals surface area contributed by atoms with Crippen LogP contribution in [0.25, 0.3) is 0 Å². The average Bonchev–Trinajstić information content (AvgIpc) is 3.16. The number of hydrogen-bond acceptors (Lipinski definition) is 6. The summed E-state index contributed by atoms with van der Waals surface area (Å²) in [5.41, 5.74) is 0.0478.